The van der Waals surface area contributed by atoms with Crippen LogP contribution in [0.3, 0.4) is 0 Å². The van der Waals surface area contributed by atoms with E-state index in [4.69, 9.17) is 5.11 Å². The van der Waals surface area contributed by atoms with Crippen molar-refractivity contribution in [1.82, 2.24) is 5.32 Å². The van der Waals surface area contributed by atoms with Gasteiger partial charge in [-0.25, -0.2) is 0 Å². The molecule has 0 aliphatic carbocycles. The van der Waals surface area contributed by atoms with E-state index in [1.54, 1.807) is 0 Å². The molecule has 0 unspecified atom stereocenters. The van der Waals surface area contributed by atoms with Gasteiger partial charge in [0.05, 0.1) is 5.56 Å². The molecule has 0 aromatic heterocycles. The average molecular weight is 368 g/mol. The fraction of sp³-hybridized carbons (Fsp3) is 0.500. The van der Waals surface area contributed by atoms with E-state index < -0.39 is 23.8 Å². The van der Waals surface area contributed by atoms with Crippen LogP contribution in [0.5, 0.6) is 0 Å². The summed E-state index contributed by atoms with van der Waals surface area (Å²) in [6.45, 7) is 2.01. The van der Waals surface area contributed by atoms with Crippen LogP contribution in [0.25, 0.3) is 0 Å². The summed E-state index contributed by atoms with van der Waals surface area (Å²) >= 11 is 3.18. The van der Waals surface area contributed by atoms with Gasteiger partial charge in [-0.05, 0) is 30.2 Å². The maximum Gasteiger partial charge on any atom is 0.416 e. The number of benzene rings is 1. The predicted octanol–water partition coefficient (Wildman–Crippen LogP) is 4.20. The Morgan fingerprint density at radius 1 is 1.43 bits per heavy atom. The molecule has 7 heteroatoms. The molecule has 0 aliphatic heterocycles. The van der Waals surface area contributed by atoms with Gasteiger partial charge in [0, 0.05) is 11.0 Å². The van der Waals surface area contributed by atoms with Crippen molar-refractivity contribution < 1.29 is 23.1 Å². The number of hydrogen-bond donors (Lipinski definition) is 2. The minimum atomic E-state index is -4.41. The highest BCUT2D eigenvalue weighted by Gasteiger charge is 2.30. The van der Waals surface area contributed by atoms with Crippen molar-refractivity contribution in [3.63, 3.8) is 0 Å². The summed E-state index contributed by atoms with van der Waals surface area (Å²) in [5, 5.41) is 11.9. The molecule has 118 valence electrons. The largest absolute Gasteiger partial charge is 0.480 e. The van der Waals surface area contributed by atoms with E-state index in [-0.39, 0.29) is 6.54 Å². The molecule has 1 rings (SSSR count). The number of carbonyl (C=O) groups is 1. The van der Waals surface area contributed by atoms with Gasteiger partial charge >= 0.3 is 12.1 Å². The molecule has 1 aromatic carbocycles. The van der Waals surface area contributed by atoms with Crippen molar-refractivity contribution in [3.8, 4) is 0 Å². The summed E-state index contributed by atoms with van der Waals surface area (Å²) < 4.78 is 38.5. The highest BCUT2D eigenvalue weighted by molar-refractivity contribution is 9.10. The minimum Gasteiger partial charge on any atom is -0.480 e. The lowest BCUT2D eigenvalue weighted by Crippen LogP contribution is -2.36. The van der Waals surface area contributed by atoms with Gasteiger partial charge in [-0.3, -0.25) is 4.79 Å². The zero-order valence-electron chi connectivity index (χ0n) is 11.5. The Morgan fingerprint density at radius 2 is 2.10 bits per heavy atom. The Hall–Kier alpha value is -1.08. The molecular weight excluding hydrogens is 351 g/mol. The second kappa shape index (κ2) is 7.79. The molecule has 1 atom stereocenters. The number of nitrogens with one attached hydrogen (secondary N) is 1. The second-order valence-corrected chi connectivity index (χ2v) is 5.57. The first-order valence-electron chi connectivity index (χ1n) is 6.57. The number of halogens is 4. The lowest BCUT2D eigenvalue weighted by atomic mass is 10.1. The Morgan fingerprint density at radius 3 is 2.62 bits per heavy atom. The topological polar surface area (TPSA) is 49.3 Å². The molecule has 0 amide bonds. The zero-order chi connectivity index (χ0) is 16.0. The molecule has 1 aromatic rings. The van der Waals surface area contributed by atoms with Crippen molar-refractivity contribution in [1.29, 1.82) is 0 Å². The number of aliphatic carboxylic acids is 1. The number of unbranched alkanes of at least 4 members (excludes halogenated alkanes) is 1. The van der Waals surface area contributed by atoms with Crippen LogP contribution in [0.15, 0.2) is 22.7 Å². The summed E-state index contributed by atoms with van der Waals surface area (Å²) in [6, 6.07) is 2.57. The predicted molar refractivity (Wildman–Crippen MR) is 76.9 cm³/mol. The van der Waals surface area contributed by atoms with Crippen LogP contribution in [0.2, 0.25) is 0 Å². The molecule has 3 nitrogen and oxygen atoms in total. The van der Waals surface area contributed by atoms with Gasteiger partial charge in [-0.2, -0.15) is 13.2 Å². The quantitative estimate of drug-likeness (QED) is 0.759. The molecule has 0 fully saturated rings. The van der Waals surface area contributed by atoms with Crippen LogP contribution in [0.1, 0.15) is 37.3 Å². The highest BCUT2D eigenvalue weighted by Crippen LogP contribution is 2.31. The van der Waals surface area contributed by atoms with Crippen molar-refractivity contribution in [3.05, 3.63) is 33.8 Å². The summed E-state index contributed by atoms with van der Waals surface area (Å²) in [5.41, 5.74) is -0.365. The van der Waals surface area contributed by atoms with Gasteiger partial charge in [0.15, 0.2) is 0 Å². The molecule has 0 radical (unpaired) electrons. The van der Waals surface area contributed by atoms with Gasteiger partial charge in [-0.15, -0.1) is 0 Å². The fourth-order valence-electron chi connectivity index (χ4n) is 1.84. The van der Waals surface area contributed by atoms with Crippen LogP contribution in [0, 0.1) is 0 Å². The van der Waals surface area contributed by atoms with Gasteiger partial charge in [0.25, 0.3) is 0 Å². The summed E-state index contributed by atoms with van der Waals surface area (Å²) in [6.07, 6.45) is -2.36. The number of alkyl halides is 3. The summed E-state index contributed by atoms with van der Waals surface area (Å²) in [5.74, 6) is -0.994. The molecule has 0 heterocycles. The van der Waals surface area contributed by atoms with Gasteiger partial charge in [0.1, 0.15) is 6.04 Å². The van der Waals surface area contributed by atoms with Crippen LogP contribution in [-0.4, -0.2) is 17.1 Å². The van der Waals surface area contributed by atoms with Crippen LogP contribution in [-0.2, 0) is 17.5 Å². The third-order valence-electron chi connectivity index (χ3n) is 3.06. The minimum absolute atomic E-state index is 0.0607. The van der Waals surface area contributed by atoms with E-state index in [1.165, 1.54) is 6.07 Å². The van der Waals surface area contributed by atoms with E-state index in [0.717, 1.165) is 25.0 Å². The van der Waals surface area contributed by atoms with Crippen molar-refractivity contribution in [2.45, 2.75) is 44.9 Å². The maximum atomic E-state index is 12.7. The molecule has 0 saturated carbocycles. The SMILES string of the molecule is CCCC[C@H](NCc1cc(C(F)(F)F)ccc1Br)C(=O)O. The van der Waals surface area contributed by atoms with Crippen molar-refractivity contribution >= 4 is 21.9 Å². The molecule has 2 N–H and O–H groups in total. The Labute approximate surface area is 129 Å². The first-order valence-corrected chi connectivity index (χ1v) is 7.36. The Kier molecular flexibility index (Phi) is 6.67. The highest BCUT2D eigenvalue weighted by atomic mass is 79.9. The zero-order valence-corrected chi connectivity index (χ0v) is 13.1. The number of rotatable bonds is 7. The smallest absolute Gasteiger partial charge is 0.416 e. The number of carboxylic acid groups (broad SMARTS) is 1. The normalized spacial score (nSPS) is 13.2. The van der Waals surface area contributed by atoms with Crippen molar-refractivity contribution in [2.24, 2.45) is 0 Å². The standard InChI is InChI=1S/C14H17BrF3NO2/c1-2-3-4-12(13(20)21)19-8-9-7-10(14(16,17)18)5-6-11(9)15/h5-7,12,19H,2-4,8H2,1H3,(H,20,21)/t12-/m0/s1. The number of carboxylic acids is 1. The second-order valence-electron chi connectivity index (χ2n) is 4.72. The van der Waals surface area contributed by atoms with Crippen LogP contribution < -0.4 is 5.32 Å². The average Bonchev–Trinajstić information content (AvgIpc) is 2.38. The van der Waals surface area contributed by atoms with E-state index in [9.17, 15) is 18.0 Å². The lowest BCUT2D eigenvalue weighted by Gasteiger charge is -2.16. The molecule has 21 heavy (non-hydrogen) atoms. The molecular formula is C14H17BrF3NO2. The third kappa shape index (κ3) is 5.67. The molecule has 0 aliphatic rings. The van der Waals surface area contributed by atoms with Crippen LogP contribution in [0.4, 0.5) is 13.2 Å². The van der Waals surface area contributed by atoms with Crippen LogP contribution >= 0.6 is 15.9 Å². The van der Waals surface area contributed by atoms with Gasteiger partial charge in [-0.1, -0.05) is 35.7 Å². The van der Waals surface area contributed by atoms with Crippen molar-refractivity contribution in [2.75, 3.05) is 0 Å². The molecule has 0 saturated heterocycles. The first-order chi connectivity index (χ1) is 9.75. The van der Waals surface area contributed by atoms with E-state index in [1.807, 2.05) is 6.92 Å². The van der Waals surface area contributed by atoms with E-state index in [0.29, 0.717) is 16.5 Å². The Balaban J connectivity index is 2.79. The third-order valence-corrected chi connectivity index (χ3v) is 3.83. The maximum absolute atomic E-state index is 12.7. The summed E-state index contributed by atoms with van der Waals surface area (Å²) in [4.78, 5) is 11.1. The van der Waals surface area contributed by atoms with Gasteiger partial charge in [0.2, 0.25) is 0 Å². The first kappa shape index (κ1) is 18.0. The summed E-state index contributed by atoms with van der Waals surface area (Å²) in [7, 11) is 0. The lowest BCUT2D eigenvalue weighted by molar-refractivity contribution is -0.140. The Bertz CT molecular complexity index is 492. The molecule has 0 spiro atoms. The fourth-order valence-corrected chi connectivity index (χ4v) is 2.23. The van der Waals surface area contributed by atoms with Gasteiger partial charge < -0.3 is 10.4 Å². The van der Waals surface area contributed by atoms with E-state index in [2.05, 4.69) is 21.2 Å². The van der Waals surface area contributed by atoms with E-state index >= 15 is 0 Å². The molecule has 0 bridgehead atoms. The monoisotopic (exact) mass is 367 g/mol. The number of hydrogen-bond acceptors (Lipinski definition) is 2.